The highest BCUT2D eigenvalue weighted by Gasteiger charge is 2.29. The zero-order valence-electron chi connectivity index (χ0n) is 14.8. The van der Waals surface area contributed by atoms with Gasteiger partial charge in [-0.2, -0.15) is 5.26 Å². The van der Waals surface area contributed by atoms with Crippen molar-refractivity contribution in [1.29, 1.82) is 5.26 Å². The van der Waals surface area contributed by atoms with E-state index < -0.39 is 0 Å². The molecule has 0 amide bonds. The van der Waals surface area contributed by atoms with E-state index in [1.165, 1.54) is 5.56 Å². The van der Waals surface area contributed by atoms with E-state index in [0.717, 1.165) is 29.6 Å². The number of nitrogens with zero attached hydrogens (tertiary/aromatic N) is 2. The second kappa shape index (κ2) is 7.15. The molecule has 1 aromatic heterocycles. The molecule has 1 fully saturated rings. The highest BCUT2D eigenvalue weighted by atomic mass is 15.0. The molecule has 0 bridgehead atoms. The second-order valence-electron chi connectivity index (χ2n) is 7.07. The molecule has 130 valence electrons. The Bertz CT molecular complexity index is 942. The van der Waals surface area contributed by atoms with Crippen molar-refractivity contribution < 1.29 is 0 Å². The monoisotopic (exact) mass is 342 g/mol. The normalized spacial score (nSPS) is 20.6. The first-order chi connectivity index (χ1) is 12.7. The minimum Gasteiger partial charge on any atom is -0.378 e. The first-order valence-electron chi connectivity index (χ1n) is 9.08. The van der Waals surface area contributed by atoms with Crippen LogP contribution < -0.4 is 10.6 Å². The molecule has 0 spiro atoms. The van der Waals surface area contributed by atoms with E-state index in [1.807, 2.05) is 36.5 Å². The lowest BCUT2D eigenvalue weighted by Crippen LogP contribution is -2.23. The third kappa shape index (κ3) is 3.40. The largest absolute Gasteiger partial charge is 0.378 e. The van der Waals surface area contributed by atoms with Crippen molar-refractivity contribution in [3.8, 4) is 6.07 Å². The topological polar surface area (TPSA) is 60.7 Å². The van der Waals surface area contributed by atoms with Gasteiger partial charge in [-0.15, -0.1) is 0 Å². The van der Waals surface area contributed by atoms with Crippen molar-refractivity contribution in [2.45, 2.75) is 25.4 Å². The number of hydrogen-bond donors (Lipinski definition) is 2. The van der Waals surface area contributed by atoms with Crippen LogP contribution >= 0.6 is 0 Å². The molecule has 2 heterocycles. The Morgan fingerprint density at radius 1 is 1.19 bits per heavy atom. The fourth-order valence-corrected chi connectivity index (χ4v) is 3.80. The molecular weight excluding hydrogens is 320 g/mol. The average Bonchev–Trinajstić information content (AvgIpc) is 3.12. The molecule has 4 heteroatoms. The van der Waals surface area contributed by atoms with Gasteiger partial charge in [0.2, 0.25) is 0 Å². The summed E-state index contributed by atoms with van der Waals surface area (Å²) in [5, 5.41) is 17.4. The number of rotatable bonds is 4. The van der Waals surface area contributed by atoms with Crippen LogP contribution in [0.1, 0.15) is 30.5 Å². The maximum absolute atomic E-state index is 9.01. The number of fused-ring (bicyclic) bond motifs is 1. The number of hydrogen-bond acceptors (Lipinski definition) is 4. The van der Waals surface area contributed by atoms with Crippen molar-refractivity contribution in [1.82, 2.24) is 10.3 Å². The lowest BCUT2D eigenvalue weighted by atomic mass is 9.90. The van der Waals surface area contributed by atoms with Gasteiger partial charge in [0.25, 0.3) is 0 Å². The third-order valence-electron chi connectivity index (χ3n) is 5.18. The molecule has 1 aliphatic rings. The Labute approximate surface area is 153 Å². The van der Waals surface area contributed by atoms with Crippen LogP contribution in [0.15, 0.2) is 60.8 Å². The van der Waals surface area contributed by atoms with Crippen LogP contribution in [0.5, 0.6) is 0 Å². The van der Waals surface area contributed by atoms with E-state index >= 15 is 0 Å². The van der Waals surface area contributed by atoms with Crippen LogP contribution in [0, 0.1) is 17.2 Å². The summed E-state index contributed by atoms with van der Waals surface area (Å²) in [6.07, 6.45) is 2.97. The molecule has 4 nitrogen and oxygen atoms in total. The van der Waals surface area contributed by atoms with Gasteiger partial charge in [-0.3, -0.25) is 4.98 Å². The Hall–Kier alpha value is -2.90. The van der Waals surface area contributed by atoms with Crippen LogP contribution in [-0.2, 0) is 0 Å². The molecule has 0 aliphatic carbocycles. The van der Waals surface area contributed by atoms with Gasteiger partial charge in [0.1, 0.15) is 0 Å². The van der Waals surface area contributed by atoms with Gasteiger partial charge in [0, 0.05) is 29.9 Å². The fraction of sp³-hybridized carbons (Fsp3) is 0.273. The molecule has 26 heavy (non-hydrogen) atoms. The molecule has 0 saturated carbocycles. The highest BCUT2D eigenvalue weighted by molar-refractivity contribution is 5.79. The number of benzene rings is 2. The minimum atomic E-state index is 0.201. The molecule has 4 rings (SSSR count). The van der Waals surface area contributed by atoms with E-state index in [2.05, 4.69) is 52.9 Å². The van der Waals surface area contributed by atoms with Gasteiger partial charge in [0.15, 0.2) is 0 Å². The summed E-state index contributed by atoms with van der Waals surface area (Å²) < 4.78 is 0. The van der Waals surface area contributed by atoms with Gasteiger partial charge in [0.05, 0.1) is 23.2 Å². The number of aromatic nitrogens is 1. The number of nitrogens with one attached hydrogen (secondary N) is 2. The first-order valence-corrected chi connectivity index (χ1v) is 9.08. The van der Waals surface area contributed by atoms with E-state index in [0.29, 0.717) is 17.5 Å². The predicted molar refractivity (Wildman–Crippen MR) is 105 cm³/mol. The summed E-state index contributed by atoms with van der Waals surface area (Å²) in [6.45, 7) is 3.23. The summed E-state index contributed by atoms with van der Waals surface area (Å²) in [7, 11) is 0. The van der Waals surface area contributed by atoms with Gasteiger partial charge in [-0.1, -0.05) is 18.2 Å². The molecule has 0 radical (unpaired) electrons. The lowest BCUT2D eigenvalue weighted by Gasteiger charge is -2.26. The van der Waals surface area contributed by atoms with Crippen LogP contribution in [0.3, 0.4) is 0 Å². The molecule has 3 atom stereocenters. The van der Waals surface area contributed by atoms with Crippen LogP contribution in [0.4, 0.5) is 5.69 Å². The van der Waals surface area contributed by atoms with Gasteiger partial charge in [-0.25, -0.2) is 0 Å². The minimum absolute atomic E-state index is 0.201. The molecule has 3 aromatic rings. The Morgan fingerprint density at radius 2 is 2.04 bits per heavy atom. The van der Waals surface area contributed by atoms with Crippen molar-refractivity contribution in [3.05, 3.63) is 71.9 Å². The van der Waals surface area contributed by atoms with Gasteiger partial charge >= 0.3 is 0 Å². The summed E-state index contributed by atoms with van der Waals surface area (Å²) in [4.78, 5) is 4.52. The van der Waals surface area contributed by atoms with E-state index in [-0.39, 0.29) is 6.04 Å². The van der Waals surface area contributed by atoms with Crippen molar-refractivity contribution in [3.63, 3.8) is 0 Å². The summed E-state index contributed by atoms with van der Waals surface area (Å²) >= 11 is 0. The van der Waals surface area contributed by atoms with E-state index in [4.69, 9.17) is 5.26 Å². The smallest absolute Gasteiger partial charge is 0.0991 e. The van der Waals surface area contributed by atoms with Crippen LogP contribution in [0.2, 0.25) is 0 Å². The lowest BCUT2D eigenvalue weighted by molar-refractivity contribution is 0.488. The maximum Gasteiger partial charge on any atom is 0.0991 e. The van der Waals surface area contributed by atoms with Crippen LogP contribution in [0.25, 0.3) is 10.9 Å². The SMILES string of the molecule is CC1CC(C(Nc2ccc(C#N)cc2)c2ccc3cccnc3c2)CN1. The molecule has 1 aliphatic heterocycles. The average molecular weight is 342 g/mol. The second-order valence-corrected chi connectivity index (χ2v) is 7.07. The summed E-state index contributed by atoms with van der Waals surface area (Å²) in [5.74, 6) is 0.502. The van der Waals surface area contributed by atoms with Gasteiger partial charge < -0.3 is 10.6 Å². The zero-order chi connectivity index (χ0) is 17.9. The quantitative estimate of drug-likeness (QED) is 0.744. The van der Waals surface area contributed by atoms with Crippen molar-refractivity contribution in [2.24, 2.45) is 5.92 Å². The number of anilines is 1. The Kier molecular flexibility index (Phi) is 4.55. The van der Waals surface area contributed by atoms with Crippen molar-refractivity contribution >= 4 is 16.6 Å². The molecule has 1 saturated heterocycles. The summed E-state index contributed by atoms with van der Waals surface area (Å²) in [6, 6.07) is 21.2. The first kappa shape index (κ1) is 16.6. The molecule has 3 unspecified atom stereocenters. The number of pyridine rings is 1. The van der Waals surface area contributed by atoms with Crippen LogP contribution in [-0.4, -0.2) is 17.6 Å². The van der Waals surface area contributed by atoms with Crippen molar-refractivity contribution in [2.75, 3.05) is 11.9 Å². The maximum atomic E-state index is 9.01. The Balaban J connectivity index is 1.68. The predicted octanol–water partition coefficient (Wildman–Crippen LogP) is 4.26. The van der Waals surface area contributed by atoms with E-state index in [9.17, 15) is 0 Å². The zero-order valence-corrected chi connectivity index (χ0v) is 14.8. The molecule has 2 aromatic carbocycles. The van der Waals surface area contributed by atoms with Gasteiger partial charge in [-0.05, 0) is 61.2 Å². The molecular formula is C22H22N4. The highest BCUT2D eigenvalue weighted by Crippen LogP contribution is 2.33. The fourth-order valence-electron chi connectivity index (χ4n) is 3.80. The summed E-state index contributed by atoms with van der Waals surface area (Å²) in [5.41, 5.74) is 3.99. The third-order valence-corrected chi connectivity index (χ3v) is 5.18. The standard InChI is InChI=1S/C22H22N4/c1-15-11-19(14-25-15)22(26-20-8-4-16(13-23)5-9-20)18-7-6-17-3-2-10-24-21(17)12-18/h2-10,12,15,19,22,25-26H,11,14H2,1H3. The molecule has 2 N–H and O–H groups in total. The van der Waals surface area contributed by atoms with E-state index in [1.54, 1.807) is 0 Å². The Morgan fingerprint density at radius 3 is 2.77 bits per heavy atom. The number of nitriles is 1.